The molecule has 1 aliphatic rings. The Bertz CT molecular complexity index is 496. The molecular weight excluding hydrogens is 355 g/mol. The van der Waals surface area contributed by atoms with Crippen molar-refractivity contribution in [3.05, 3.63) is 30.3 Å². The van der Waals surface area contributed by atoms with Crippen LogP contribution in [0.15, 0.2) is 30.3 Å². The van der Waals surface area contributed by atoms with Crippen molar-refractivity contribution in [3.63, 3.8) is 0 Å². The smallest absolute Gasteiger partial charge is 0.131 e. The van der Waals surface area contributed by atoms with Crippen molar-refractivity contribution in [1.82, 2.24) is 0 Å². The summed E-state index contributed by atoms with van der Waals surface area (Å²) in [5.41, 5.74) is -0.450. The van der Waals surface area contributed by atoms with Crippen LogP contribution in [0.5, 0.6) is 0 Å². The van der Waals surface area contributed by atoms with Crippen molar-refractivity contribution < 1.29 is 19.1 Å². The molecule has 21 heavy (non-hydrogen) atoms. The van der Waals surface area contributed by atoms with E-state index >= 15 is 0 Å². The SMILES string of the molecule is CC1(OCCOCCO)CCP(=O)(c2ccccc2)C1Br. The average Bonchev–Trinajstić information content (AvgIpc) is 2.74. The summed E-state index contributed by atoms with van der Waals surface area (Å²) in [6.07, 6.45) is 1.41. The lowest BCUT2D eigenvalue weighted by Gasteiger charge is -2.30. The van der Waals surface area contributed by atoms with Crippen molar-refractivity contribution in [1.29, 1.82) is 0 Å². The maximum absolute atomic E-state index is 13.3. The second-order valence-corrected chi connectivity index (χ2v) is 10.1. The van der Waals surface area contributed by atoms with Gasteiger partial charge in [-0.1, -0.05) is 46.3 Å². The molecule has 1 aromatic carbocycles. The van der Waals surface area contributed by atoms with Crippen LogP contribution in [0.2, 0.25) is 0 Å². The van der Waals surface area contributed by atoms with Gasteiger partial charge in [-0.3, -0.25) is 0 Å². The first kappa shape index (κ1) is 17.2. The van der Waals surface area contributed by atoms with Crippen molar-refractivity contribution in [2.24, 2.45) is 0 Å². The monoisotopic (exact) mass is 376 g/mol. The topological polar surface area (TPSA) is 55.8 Å². The standard InChI is InChI=1S/C15H22BrO4P/c1-15(20-11-10-19-9-8-17)7-12-21(18,14(15)16)13-5-3-2-4-6-13/h2-6,14,17H,7-12H2,1H3. The molecule has 3 unspecified atom stereocenters. The van der Waals surface area contributed by atoms with E-state index in [1.165, 1.54) is 0 Å². The molecule has 0 radical (unpaired) electrons. The quantitative estimate of drug-likeness (QED) is 0.451. The Morgan fingerprint density at radius 3 is 2.71 bits per heavy atom. The van der Waals surface area contributed by atoms with E-state index in [0.717, 1.165) is 11.7 Å². The zero-order valence-electron chi connectivity index (χ0n) is 12.2. The van der Waals surface area contributed by atoms with Gasteiger partial charge in [0.1, 0.15) is 11.7 Å². The number of ether oxygens (including phenoxy) is 2. The second-order valence-electron chi connectivity index (χ2n) is 5.44. The first-order chi connectivity index (χ1) is 10.0. The van der Waals surface area contributed by atoms with Gasteiger partial charge in [-0.15, -0.1) is 0 Å². The molecule has 0 saturated carbocycles. The van der Waals surface area contributed by atoms with Gasteiger partial charge in [-0.2, -0.15) is 0 Å². The molecular formula is C15H22BrO4P. The summed E-state index contributed by atoms with van der Waals surface area (Å²) in [5, 5.41) is 9.57. The minimum absolute atomic E-state index is 0.0154. The number of halogens is 1. The number of hydrogen-bond acceptors (Lipinski definition) is 4. The zero-order chi connectivity index (χ0) is 15.3. The van der Waals surface area contributed by atoms with Crippen molar-refractivity contribution >= 4 is 28.4 Å². The third kappa shape index (κ3) is 3.77. The fourth-order valence-corrected chi connectivity index (χ4v) is 7.61. The highest BCUT2D eigenvalue weighted by atomic mass is 79.9. The first-order valence-electron chi connectivity index (χ1n) is 7.14. The van der Waals surface area contributed by atoms with Gasteiger partial charge in [0.2, 0.25) is 0 Å². The van der Waals surface area contributed by atoms with E-state index in [0.29, 0.717) is 26.0 Å². The summed E-state index contributed by atoms with van der Waals surface area (Å²) in [5.74, 6) is 0. The fraction of sp³-hybridized carbons (Fsp3) is 0.600. The third-order valence-electron chi connectivity index (χ3n) is 3.90. The summed E-state index contributed by atoms with van der Waals surface area (Å²) in [6, 6.07) is 9.65. The van der Waals surface area contributed by atoms with Gasteiger partial charge in [0.15, 0.2) is 0 Å². The predicted molar refractivity (Wildman–Crippen MR) is 88.1 cm³/mol. The zero-order valence-corrected chi connectivity index (χ0v) is 14.7. The van der Waals surface area contributed by atoms with Gasteiger partial charge >= 0.3 is 0 Å². The number of aliphatic hydroxyl groups excluding tert-OH is 1. The van der Waals surface area contributed by atoms with E-state index in [2.05, 4.69) is 15.9 Å². The summed E-state index contributed by atoms with van der Waals surface area (Å²) in [6.45, 7) is 3.21. The molecule has 0 aromatic heterocycles. The summed E-state index contributed by atoms with van der Waals surface area (Å²) in [4.78, 5) is 0. The van der Waals surface area contributed by atoms with Crippen LogP contribution < -0.4 is 5.30 Å². The molecule has 6 heteroatoms. The maximum Gasteiger partial charge on any atom is 0.131 e. The van der Waals surface area contributed by atoms with E-state index in [1.807, 2.05) is 37.3 Å². The van der Waals surface area contributed by atoms with E-state index in [4.69, 9.17) is 14.6 Å². The second kappa shape index (κ2) is 7.38. The van der Waals surface area contributed by atoms with Gasteiger partial charge < -0.3 is 19.1 Å². The van der Waals surface area contributed by atoms with Crippen LogP contribution in [0.3, 0.4) is 0 Å². The molecule has 1 aliphatic heterocycles. The minimum Gasteiger partial charge on any atom is -0.394 e. The average molecular weight is 377 g/mol. The van der Waals surface area contributed by atoms with Crippen LogP contribution in [0.4, 0.5) is 0 Å². The predicted octanol–water partition coefficient (Wildman–Crippen LogP) is 2.58. The number of hydrogen-bond donors (Lipinski definition) is 1. The normalized spacial score (nSPS) is 32.4. The molecule has 3 atom stereocenters. The Labute approximate surface area is 134 Å². The Morgan fingerprint density at radius 1 is 1.33 bits per heavy atom. The van der Waals surface area contributed by atoms with E-state index in [1.54, 1.807) is 0 Å². The maximum atomic E-state index is 13.3. The van der Waals surface area contributed by atoms with Gasteiger partial charge in [0.25, 0.3) is 0 Å². The van der Waals surface area contributed by atoms with Gasteiger partial charge in [0, 0.05) is 11.5 Å². The molecule has 1 heterocycles. The van der Waals surface area contributed by atoms with Crippen LogP contribution >= 0.6 is 23.1 Å². The van der Waals surface area contributed by atoms with Crippen LogP contribution in [-0.4, -0.2) is 47.9 Å². The van der Waals surface area contributed by atoms with Gasteiger partial charge in [-0.05, 0) is 13.3 Å². The number of benzene rings is 1. The van der Waals surface area contributed by atoms with Crippen LogP contribution in [0, 0.1) is 0 Å². The number of rotatable bonds is 7. The molecule has 0 aliphatic carbocycles. The molecule has 0 amide bonds. The fourth-order valence-electron chi connectivity index (χ4n) is 2.64. The van der Waals surface area contributed by atoms with Gasteiger partial charge in [0.05, 0.1) is 32.0 Å². The molecule has 0 bridgehead atoms. The lowest BCUT2D eigenvalue weighted by Crippen LogP contribution is -2.35. The van der Waals surface area contributed by atoms with Crippen LogP contribution in [0.25, 0.3) is 0 Å². The van der Waals surface area contributed by atoms with E-state index in [-0.39, 0.29) is 11.2 Å². The highest BCUT2D eigenvalue weighted by Gasteiger charge is 2.52. The van der Waals surface area contributed by atoms with Crippen molar-refractivity contribution in [3.8, 4) is 0 Å². The Morgan fingerprint density at radius 2 is 2.05 bits per heavy atom. The van der Waals surface area contributed by atoms with E-state index in [9.17, 15) is 4.57 Å². The van der Waals surface area contributed by atoms with Gasteiger partial charge in [-0.25, -0.2) is 0 Å². The summed E-state index contributed by atoms with van der Waals surface area (Å²) in [7, 11) is -2.49. The molecule has 1 fully saturated rings. The highest BCUT2D eigenvalue weighted by molar-refractivity contribution is 9.11. The molecule has 1 N–H and O–H groups in total. The Kier molecular flexibility index (Phi) is 6.04. The van der Waals surface area contributed by atoms with Crippen molar-refractivity contribution in [2.45, 2.75) is 23.5 Å². The summed E-state index contributed by atoms with van der Waals surface area (Å²) >= 11 is 3.63. The Hall–Kier alpha value is -0.190. The number of alkyl halides is 1. The lowest BCUT2D eigenvalue weighted by atomic mass is 10.1. The first-order valence-corrected chi connectivity index (χ1v) is 10.0. The Balaban J connectivity index is 2.00. The highest BCUT2D eigenvalue weighted by Crippen LogP contribution is 2.63. The largest absolute Gasteiger partial charge is 0.394 e. The number of aliphatic hydroxyl groups is 1. The van der Waals surface area contributed by atoms with E-state index < -0.39 is 12.7 Å². The summed E-state index contributed by atoms with van der Waals surface area (Å²) < 4.78 is 24.3. The minimum atomic E-state index is -2.49. The lowest BCUT2D eigenvalue weighted by molar-refractivity contribution is -0.0477. The third-order valence-corrected chi connectivity index (χ3v) is 10.2. The van der Waals surface area contributed by atoms with Crippen LogP contribution in [0.1, 0.15) is 13.3 Å². The van der Waals surface area contributed by atoms with Crippen molar-refractivity contribution in [2.75, 3.05) is 32.6 Å². The molecule has 1 saturated heterocycles. The molecule has 1 aromatic rings. The molecule has 0 spiro atoms. The molecule has 4 nitrogen and oxygen atoms in total. The van der Waals surface area contributed by atoms with Crippen LogP contribution in [-0.2, 0) is 14.0 Å². The molecule has 2 rings (SSSR count). The molecule has 118 valence electrons.